The molecule has 2 N–H and O–H groups in total. The molecule has 1 aromatic rings. The summed E-state index contributed by atoms with van der Waals surface area (Å²) in [6.45, 7) is 6.26. The van der Waals surface area contributed by atoms with Gasteiger partial charge in [0.05, 0.1) is 6.61 Å². The maximum atomic E-state index is 13.8. The van der Waals surface area contributed by atoms with E-state index in [0.29, 0.717) is 17.9 Å². The zero-order valence-corrected chi connectivity index (χ0v) is 9.73. The third-order valence-electron chi connectivity index (χ3n) is 2.49. The van der Waals surface area contributed by atoms with Gasteiger partial charge in [-0.1, -0.05) is 13.8 Å². The normalized spacial score (nSPS) is 11.8. The molecule has 84 valence electrons. The smallest absolute Gasteiger partial charge is 0.129 e. The number of ether oxygens (including phenoxy) is 1. The predicted molar refractivity (Wildman–Crippen MR) is 60.5 cm³/mol. The Kier molecular flexibility index (Phi) is 3.35. The van der Waals surface area contributed by atoms with E-state index in [4.69, 9.17) is 10.5 Å². The summed E-state index contributed by atoms with van der Waals surface area (Å²) in [6.07, 6.45) is 0. The maximum Gasteiger partial charge on any atom is 0.129 e. The molecule has 3 heteroatoms. The van der Waals surface area contributed by atoms with Crippen LogP contribution in [0.25, 0.3) is 0 Å². The number of nitrogens with two attached hydrogens (primary N) is 1. The summed E-state index contributed by atoms with van der Waals surface area (Å²) in [6, 6.07) is 3.15. The minimum atomic E-state index is -0.337. The third kappa shape index (κ3) is 2.48. The second kappa shape index (κ2) is 4.19. The molecule has 0 unspecified atom stereocenters. The SMILES string of the molecule is COCC(C)(C)c1c(C)cc(N)cc1F. The van der Waals surface area contributed by atoms with E-state index in [9.17, 15) is 4.39 Å². The molecule has 0 aliphatic carbocycles. The Morgan fingerprint density at radius 1 is 1.40 bits per heavy atom. The molecule has 0 fully saturated rings. The van der Waals surface area contributed by atoms with Crippen LogP contribution in [-0.2, 0) is 10.2 Å². The van der Waals surface area contributed by atoms with Crippen LogP contribution in [-0.4, -0.2) is 13.7 Å². The standard InChI is InChI=1S/C12H18FNO/c1-8-5-9(14)6-10(13)11(8)12(2,3)7-15-4/h5-6H,7,14H2,1-4H3. The van der Waals surface area contributed by atoms with Gasteiger partial charge in [0.1, 0.15) is 5.82 Å². The van der Waals surface area contributed by atoms with Crippen LogP contribution in [0.1, 0.15) is 25.0 Å². The fourth-order valence-electron chi connectivity index (χ4n) is 2.06. The average molecular weight is 211 g/mol. The van der Waals surface area contributed by atoms with Gasteiger partial charge in [0.15, 0.2) is 0 Å². The van der Waals surface area contributed by atoms with Crippen molar-refractivity contribution in [3.05, 3.63) is 29.1 Å². The van der Waals surface area contributed by atoms with E-state index in [-0.39, 0.29) is 11.2 Å². The van der Waals surface area contributed by atoms with Crippen molar-refractivity contribution in [1.29, 1.82) is 0 Å². The summed E-state index contributed by atoms with van der Waals surface area (Å²) in [4.78, 5) is 0. The van der Waals surface area contributed by atoms with E-state index in [1.807, 2.05) is 20.8 Å². The number of anilines is 1. The lowest BCUT2D eigenvalue weighted by atomic mass is 9.82. The molecular formula is C12H18FNO. The molecule has 0 heterocycles. The highest BCUT2D eigenvalue weighted by Gasteiger charge is 2.26. The molecule has 2 nitrogen and oxygen atoms in total. The number of halogens is 1. The lowest BCUT2D eigenvalue weighted by Gasteiger charge is -2.26. The largest absolute Gasteiger partial charge is 0.399 e. The van der Waals surface area contributed by atoms with Gasteiger partial charge in [-0.15, -0.1) is 0 Å². The van der Waals surface area contributed by atoms with Crippen LogP contribution in [0.5, 0.6) is 0 Å². The van der Waals surface area contributed by atoms with E-state index in [1.54, 1.807) is 13.2 Å². The molecule has 0 aliphatic heterocycles. The van der Waals surface area contributed by atoms with Crippen molar-refractivity contribution < 1.29 is 9.13 Å². The first kappa shape index (κ1) is 12.0. The molecule has 0 aliphatic rings. The molecular weight excluding hydrogens is 193 g/mol. The van der Waals surface area contributed by atoms with Crippen LogP contribution in [0, 0.1) is 12.7 Å². The van der Waals surface area contributed by atoms with Crippen molar-refractivity contribution in [2.75, 3.05) is 19.5 Å². The molecule has 0 saturated carbocycles. The van der Waals surface area contributed by atoms with Crippen LogP contribution in [0.4, 0.5) is 10.1 Å². The molecule has 1 aromatic carbocycles. The fourth-order valence-corrected chi connectivity index (χ4v) is 2.06. The molecule has 0 spiro atoms. The monoisotopic (exact) mass is 211 g/mol. The molecule has 0 radical (unpaired) electrons. The first-order chi connectivity index (χ1) is 6.88. The van der Waals surface area contributed by atoms with Gasteiger partial charge in [0.2, 0.25) is 0 Å². The highest BCUT2D eigenvalue weighted by molar-refractivity contribution is 5.47. The van der Waals surface area contributed by atoms with Crippen molar-refractivity contribution in [2.24, 2.45) is 0 Å². The first-order valence-electron chi connectivity index (χ1n) is 4.93. The number of methoxy groups -OCH3 is 1. The summed E-state index contributed by atoms with van der Waals surface area (Å²) >= 11 is 0. The van der Waals surface area contributed by atoms with E-state index < -0.39 is 0 Å². The highest BCUT2D eigenvalue weighted by Crippen LogP contribution is 2.30. The third-order valence-corrected chi connectivity index (χ3v) is 2.49. The minimum Gasteiger partial charge on any atom is -0.399 e. The van der Waals surface area contributed by atoms with Gasteiger partial charge < -0.3 is 10.5 Å². The van der Waals surface area contributed by atoms with Crippen molar-refractivity contribution in [1.82, 2.24) is 0 Å². The van der Waals surface area contributed by atoms with Gasteiger partial charge in [0, 0.05) is 18.2 Å². The van der Waals surface area contributed by atoms with Crippen molar-refractivity contribution >= 4 is 5.69 Å². The van der Waals surface area contributed by atoms with Crippen molar-refractivity contribution in [2.45, 2.75) is 26.2 Å². The molecule has 1 rings (SSSR count). The molecule has 0 amide bonds. The predicted octanol–water partition coefficient (Wildman–Crippen LogP) is 2.64. The lowest BCUT2D eigenvalue weighted by molar-refractivity contribution is 0.144. The van der Waals surface area contributed by atoms with Gasteiger partial charge in [0.25, 0.3) is 0 Å². The summed E-state index contributed by atoms with van der Waals surface area (Å²) in [5.74, 6) is -0.255. The molecule has 0 saturated heterocycles. The number of aryl methyl sites for hydroxylation is 1. The topological polar surface area (TPSA) is 35.2 Å². The number of hydrogen-bond acceptors (Lipinski definition) is 2. The van der Waals surface area contributed by atoms with Gasteiger partial charge in [-0.3, -0.25) is 0 Å². The summed E-state index contributed by atoms with van der Waals surface area (Å²) in [5.41, 5.74) is 7.25. The van der Waals surface area contributed by atoms with E-state index in [0.717, 1.165) is 5.56 Å². The molecule has 15 heavy (non-hydrogen) atoms. The molecule has 0 aromatic heterocycles. The zero-order chi connectivity index (χ0) is 11.6. The Morgan fingerprint density at radius 2 is 2.00 bits per heavy atom. The van der Waals surface area contributed by atoms with Gasteiger partial charge in [-0.25, -0.2) is 4.39 Å². The van der Waals surface area contributed by atoms with Gasteiger partial charge in [-0.2, -0.15) is 0 Å². The van der Waals surface area contributed by atoms with Gasteiger partial charge in [-0.05, 0) is 30.2 Å². The lowest BCUT2D eigenvalue weighted by Crippen LogP contribution is -2.26. The average Bonchev–Trinajstić information content (AvgIpc) is 1.99. The molecule has 0 atom stereocenters. The van der Waals surface area contributed by atoms with E-state index in [1.165, 1.54) is 6.07 Å². The number of benzene rings is 1. The second-order valence-electron chi connectivity index (χ2n) is 4.51. The van der Waals surface area contributed by atoms with Crippen LogP contribution in [0.15, 0.2) is 12.1 Å². The maximum absolute atomic E-state index is 13.8. The van der Waals surface area contributed by atoms with Crippen LogP contribution in [0.3, 0.4) is 0 Å². The second-order valence-corrected chi connectivity index (χ2v) is 4.51. The van der Waals surface area contributed by atoms with Gasteiger partial charge >= 0.3 is 0 Å². The Morgan fingerprint density at radius 3 is 2.47 bits per heavy atom. The van der Waals surface area contributed by atoms with E-state index in [2.05, 4.69) is 0 Å². The highest BCUT2D eigenvalue weighted by atomic mass is 19.1. The summed E-state index contributed by atoms with van der Waals surface area (Å²) < 4.78 is 18.9. The van der Waals surface area contributed by atoms with Crippen LogP contribution >= 0.6 is 0 Å². The number of rotatable bonds is 3. The van der Waals surface area contributed by atoms with E-state index >= 15 is 0 Å². The summed E-state index contributed by atoms with van der Waals surface area (Å²) in [7, 11) is 1.62. The number of nitrogen functional groups attached to an aromatic ring is 1. The fraction of sp³-hybridized carbons (Fsp3) is 0.500. The Balaban J connectivity index is 3.24. The van der Waals surface area contributed by atoms with Crippen molar-refractivity contribution in [3.63, 3.8) is 0 Å². The Labute approximate surface area is 90.2 Å². The van der Waals surface area contributed by atoms with Crippen LogP contribution < -0.4 is 5.73 Å². The number of hydrogen-bond donors (Lipinski definition) is 1. The Hall–Kier alpha value is -1.09. The first-order valence-corrected chi connectivity index (χ1v) is 4.93. The zero-order valence-electron chi connectivity index (χ0n) is 9.73. The van der Waals surface area contributed by atoms with Crippen LogP contribution in [0.2, 0.25) is 0 Å². The quantitative estimate of drug-likeness (QED) is 0.780. The van der Waals surface area contributed by atoms with Crippen molar-refractivity contribution in [3.8, 4) is 0 Å². The molecule has 0 bridgehead atoms. The minimum absolute atomic E-state index is 0.255. The Bertz CT molecular complexity index is 338. The summed E-state index contributed by atoms with van der Waals surface area (Å²) in [5, 5.41) is 0.